The van der Waals surface area contributed by atoms with Crippen LogP contribution in [0.25, 0.3) is 43.6 Å². The zero-order valence-electron chi connectivity index (χ0n) is 21.3. The van der Waals surface area contributed by atoms with Gasteiger partial charge in [-0.05, 0) is 68.1 Å². The van der Waals surface area contributed by atoms with Gasteiger partial charge in [-0.2, -0.15) is 13.2 Å². The van der Waals surface area contributed by atoms with Crippen LogP contribution in [0.4, 0.5) is 13.2 Å². The maximum atomic E-state index is 13.6. The zero-order chi connectivity index (χ0) is 25.9. The Kier molecular flexibility index (Phi) is 5.62. The molecule has 0 atom stereocenters. The topological polar surface area (TPSA) is 12.9 Å². The van der Waals surface area contributed by atoms with Crippen molar-refractivity contribution in [2.75, 3.05) is 0 Å². The van der Waals surface area contributed by atoms with Crippen molar-refractivity contribution in [3.05, 3.63) is 90.1 Å². The van der Waals surface area contributed by atoms with Gasteiger partial charge in [0, 0.05) is 17.1 Å². The molecule has 5 aromatic rings. The van der Waals surface area contributed by atoms with Crippen LogP contribution in [0.1, 0.15) is 45.7 Å². The highest BCUT2D eigenvalue weighted by Crippen LogP contribution is 2.42. The Labute approximate surface area is 210 Å². The van der Waals surface area contributed by atoms with Gasteiger partial charge in [0.25, 0.3) is 0 Å². The molecule has 0 aliphatic rings. The third-order valence-electron chi connectivity index (χ3n) is 7.24. The Morgan fingerprint density at radius 2 is 1.33 bits per heavy atom. The summed E-state index contributed by atoms with van der Waals surface area (Å²) in [6.45, 7) is 9.18. The Morgan fingerprint density at radius 1 is 0.667 bits per heavy atom. The number of rotatable bonds is 3. The Morgan fingerprint density at radius 3 is 2.06 bits per heavy atom. The molecule has 1 aromatic heterocycles. The van der Waals surface area contributed by atoms with Gasteiger partial charge >= 0.3 is 6.18 Å². The molecule has 1 nitrogen and oxygen atoms in total. The lowest BCUT2D eigenvalue weighted by atomic mass is 9.81. The van der Waals surface area contributed by atoms with Crippen molar-refractivity contribution in [3.8, 4) is 11.3 Å². The van der Waals surface area contributed by atoms with Crippen LogP contribution in [0.15, 0.2) is 79.0 Å². The minimum absolute atomic E-state index is 0.0485. The summed E-state index contributed by atoms with van der Waals surface area (Å²) in [5.41, 5.74) is 2.02. The first kappa shape index (κ1) is 24.3. The number of hydrogen-bond acceptors (Lipinski definition) is 1. The second-order valence-corrected chi connectivity index (χ2v) is 11.4. The first-order valence-corrected chi connectivity index (χ1v) is 12.3. The number of aromatic nitrogens is 1. The fourth-order valence-corrected chi connectivity index (χ4v) is 5.12. The number of nitrogens with zero attached hydrogens (tertiary/aromatic N) is 1. The molecule has 0 unspecified atom stereocenters. The van der Waals surface area contributed by atoms with Crippen LogP contribution in [0.3, 0.4) is 0 Å². The number of fused-ring (bicyclic) bond motifs is 4. The van der Waals surface area contributed by atoms with Crippen LogP contribution in [-0.2, 0) is 11.8 Å². The quantitative estimate of drug-likeness (QED) is 0.232. The number of benzene rings is 4. The lowest BCUT2D eigenvalue weighted by Crippen LogP contribution is -2.34. The Hall–Kier alpha value is -3.40. The molecule has 0 N–H and O–H groups in total. The number of hydrogen-bond donors (Lipinski definition) is 0. The summed E-state index contributed by atoms with van der Waals surface area (Å²) in [5, 5.41) is 6.19. The van der Waals surface area contributed by atoms with Crippen molar-refractivity contribution in [1.82, 2.24) is 4.98 Å². The maximum absolute atomic E-state index is 13.6. The largest absolute Gasteiger partial charge is 0.394 e. The summed E-state index contributed by atoms with van der Waals surface area (Å²) in [5.74, 6) is 0. The zero-order valence-corrected chi connectivity index (χ0v) is 21.3. The number of alkyl halides is 3. The molecule has 0 bridgehead atoms. The Balaban J connectivity index is 1.73. The molecular formula is C32H30F3N. The van der Waals surface area contributed by atoms with Crippen LogP contribution >= 0.6 is 0 Å². The van der Waals surface area contributed by atoms with Crippen molar-refractivity contribution >= 4 is 32.3 Å². The van der Waals surface area contributed by atoms with Crippen LogP contribution in [0.5, 0.6) is 0 Å². The van der Waals surface area contributed by atoms with Gasteiger partial charge in [0.05, 0.1) is 11.1 Å². The van der Waals surface area contributed by atoms with Crippen LogP contribution in [-0.4, -0.2) is 11.2 Å². The van der Waals surface area contributed by atoms with Gasteiger partial charge in [0.2, 0.25) is 0 Å². The van der Waals surface area contributed by atoms with E-state index in [1.165, 1.54) is 24.8 Å². The van der Waals surface area contributed by atoms with E-state index in [-0.39, 0.29) is 11.8 Å². The van der Waals surface area contributed by atoms with Gasteiger partial charge in [-0.3, -0.25) is 4.98 Å². The van der Waals surface area contributed by atoms with E-state index in [2.05, 4.69) is 51.1 Å². The molecule has 0 saturated carbocycles. The normalized spacial score (nSPS) is 13.1. The molecule has 4 heteroatoms. The first-order valence-electron chi connectivity index (χ1n) is 12.3. The summed E-state index contributed by atoms with van der Waals surface area (Å²) in [6, 6.07) is 24.4. The van der Waals surface area contributed by atoms with E-state index < -0.39 is 11.6 Å². The van der Waals surface area contributed by atoms with Gasteiger partial charge in [-0.15, -0.1) is 0 Å². The predicted octanol–water partition coefficient (Wildman–Crippen LogP) is 9.64. The fraction of sp³-hybridized carbons (Fsp3) is 0.281. The molecule has 0 fully saturated rings. The second-order valence-electron chi connectivity index (χ2n) is 11.4. The highest BCUT2D eigenvalue weighted by Gasteiger charge is 2.47. The summed E-state index contributed by atoms with van der Waals surface area (Å²) >= 11 is 0. The maximum Gasteiger partial charge on any atom is 0.394 e. The standard InChI is InChI=1S/C32H30F3N/c1-30(2,3)28-18-22(17-20-9-6-7-11-24(20)28)29-27-14-13-23-21(19-31(4,5)32(33,34)35)10-8-12-25(23)26(27)15-16-36-29/h6-18H,19H2,1-5H3. The van der Waals surface area contributed by atoms with Crippen molar-refractivity contribution in [2.24, 2.45) is 5.41 Å². The molecule has 0 aliphatic heterocycles. The highest BCUT2D eigenvalue weighted by molar-refractivity contribution is 6.12. The lowest BCUT2D eigenvalue weighted by molar-refractivity contribution is -0.210. The van der Waals surface area contributed by atoms with E-state index in [9.17, 15) is 13.2 Å². The molecule has 0 radical (unpaired) electrons. The van der Waals surface area contributed by atoms with Gasteiger partial charge < -0.3 is 0 Å². The van der Waals surface area contributed by atoms with Crippen LogP contribution in [0, 0.1) is 5.41 Å². The molecule has 36 heavy (non-hydrogen) atoms. The smallest absolute Gasteiger partial charge is 0.256 e. The molecule has 0 amide bonds. The third kappa shape index (κ3) is 4.13. The molecule has 5 rings (SSSR count). The molecule has 0 spiro atoms. The van der Waals surface area contributed by atoms with Gasteiger partial charge in [-0.1, -0.05) is 89.2 Å². The summed E-state index contributed by atoms with van der Waals surface area (Å²) in [4.78, 5) is 4.78. The molecule has 0 aliphatic carbocycles. The number of halogens is 3. The van der Waals surface area contributed by atoms with E-state index in [4.69, 9.17) is 4.98 Å². The van der Waals surface area contributed by atoms with E-state index in [1.54, 1.807) is 6.20 Å². The van der Waals surface area contributed by atoms with Crippen LogP contribution in [0.2, 0.25) is 0 Å². The van der Waals surface area contributed by atoms with Crippen molar-refractivity contribution in [1.29, 1.82) is 0 Å². The van der Waals surface area contributed by atoms with Gasteiger partial charge in [0.1, 0.15) is 0 Å². The summed E-state index contributed by atoms with van der Waals surface area (Å²) < 4.78 is 40.9. The lowest BCUT2D eigenvalue weighted by Gasteiger charge is -2.28. The molecule has 184 valence electrons. The summed E-state index contributed by atoms with van der Waals surface area (Å²) in [7, 11) is 0. The van der Waals surface area contributed by atoms with Gasteiger partial charge in [0.15, 0.2) is 0 Å². The van der Waals surface area contributed by atoms with Crippen molar-refractivity contribution < 1.29 is 13.2 Å². The second kappa shape index (κ2) is 8.33. The summed E-state index contributed by atoms with van der Waals surface area (Å²) in [6.07, 6.45) is -2.55. The average Bonchev–Trinajstić information content (AvgIpc) is 2.81. The first-order chi connectivity index (χ1) is 16.9. The van der Waals surface area contributed by atoms with E-state index in [1.807, 2.05) is 42.5 Å². The minimum atomic E-state index is -4.27. The van der Waals surface area contributed by atoms with E-state index in [0.29, 0.717) is 5.56 Å². The molecular weight excluding hydrogens is 455 g/mol. The molecule has 4 aromatic carbocycles. The molecule has 1 heterocycles. The molecule has 0 saturated heterocycles. The van der Waals surface area contributed by atoms with Gasteiger partial charge in [-0.25, -0.2) is 0 Å². The minimum Gasteiger partial charge on any atom is -0.256 e. The van der Waals surface area contributed by atoms with Crippen molar-refractivity contribution in [3.63, 3.8) is 0 Å². The Bertz CT molecular complexity index is 1600. The monoisotopic (exact) mass is 485 g/mol. The predicted molar refractivity (Wildman–Crippen MR) is 144 cm³/mol. The SMILES string of the molecule is CC(C)(C)c1cc(-c2nccc3c2ccc2c(CC(C)(C)C(F)(F)F)cccc23)cc2ccccc12. The highest BCUT2D eigenvalue weighted by atomic mass is 19.4. The third-order valence-corrected chi connectivity index (χ3v) is 7.24. The fourth-order valence-electron chi connectivity index (χ4n) is 5.12. The average molecular weight is 486 g/mol. The van der Waals surface area contributed by atoms with E-state index in [0.717, 1.165) is 38.2 Å². The van der Waals surface area contributed by atoms with Crippen molar-refractivity contribution in [2.45, 2.75) is 52.6 Å². The van der Waals surface area contributed by atoms with Crippen LogP contribution < -0.4 is 0 Å². The number of pyridine rings is 1. The van der Waals surface area contributed by atoms with E-state index >= 15 is 0 Å².